The summed E-state index contributed by atoms with van der Waals surface area (Å²) in [4.78, 5) is 38.0. The molecule has 0 aliphatic rings. The van der Waals surface area contributed by atoms with E-state index in [9.17, 15) is 19.0 Å². The van der Waals surface area contributed by atoms with Crippen molar-refractivity contribution in [3.63, 3.8) is 0 Å². The van der Waals surface area contributed by atoms with Crippen molar-refractivity contribution in [2.45, 2.75) is 354 Å². The number of phosphoric acid groups is 1. The lowest BCUT2D eigenvalue weighted by Crippen LogP contribution is -2.37. The minimum absolute atomic E-state index is 0.0270. The highest BCUT2D eigenvalue weighted by molar-refractivity contribution is 7.45. The quantitative estimate of drug-likeness (QED) is 0.0195. The third-order valence-corrected chi connectivity index (χ3v) is 16.4. The van der Waals surface area contributed by atoms with Crippen molar-refractivity contribution in [3.8, 4) is 0 Å². The zero-order valence-electron chi connectivity index (χ0n) is 52.6. The summed E-state index contributed by atoms with van der Waals surface area (Å²) in [5.74, 6) is -0.810. The van der Waals surface area contributed by atoms with E-state index in [1.807, 2.05) is 21.1 Å². The number of nitrogens with zero attached hydrogens (tertiary/aromatic N) is 1. The fraction of sp³-hybridized carbons (Fsp3) is 0.912. The lowest BCUT2D eigenvalue weighted by atomic mass is 10.0. The minimum Gasteiger partial charge on any atom is -0.756 e. The number of phosphoric ester groups is 1. The first-order valence-electron chi connectivity index (χ1n) is 34.0. The van der Waals surface area contributed by atoms with Crippen LogP contribution in [-0.2, 0) is 32.7 Å². The normalized spacial score (nSPS) is 13.3. The van der Waals surface area contributed by atoms with Gasteiger partial charge in [0, 0.05) is 12.8 Å². The molecular weight excluding hydrogens is 990 g/mol. The van der Waals surface area contributed by atoms with E-state index >= 15 is 0 Å². The van der Waals surface area contributed by atoms with Crippen LogP contribution in [0.3, 0.4) is 0 Å². The van der Waals surface area contributed by atoms with Crippen LogP contribution in [0, 0.1) is 0 Å². The maximum atomic E-state index is 12.8. The first-order valence-corrected chi connectivity index (χ1v) is 35.5. The highest BCUT2D eigenvalue weighted by Gasteiger charge is 2.22. The Labute approximate surface area is 485 Å². The molecule has 0 heterocycles. The zero-order chi connectivity index (χ0) is 57.0. The van der Waals surface area contributed by atoms with Crippen molar-refractivity contribution in [3.05, 3.63) is 24.3 Å². The van der Waals surface area contributed by atoms with E-state index in [4.69, 9.17) is 18.5 Å². The fourth-order valence-corrected chi connectivity index (χ4v) is 10.9. The largest absolute Gasteiger partial charge is 0.756 e. The number of rotatable bonds is 64. The Kier molecular flexibility index (Phi) is 58.9. The number of esters is 2. The van der Waals surface area contributed by atoms with Gasteiger partial charge >= 0.3 is 11.9 Å². The SMILES string of the molecule is CCCCCCC/C=C\C/C=C\CCCCCCCCCCCCCCCCCCCC(=O)OC(COC(=O)CCCCCCCCCCCCCCCCCCCCCCCCCCC)COP(=O)([O-])OCC[N+](C)(C)C. The summed E-state index contributed by atoms with van der Waals surface area (Å²) in [6, 6.07) is 0. The van der Waals surface area contributed by atoms with Crippen LogP contribution in [-0.4, -0.2) is 70.0 Å². The summed E-state index contributed by atoms with van der Waals surface area (Å²) in [7, 11) is 1.19. The van der Waals surface area contributed by atoms with Gasteiger partial charge in [0.1, 0.15) is 19.8 Å². The van der Waals surface area contributed by atoms with E-state index < -0.39 is 26.5 Å². The average Bonchev–Trinajstić information content (AvgIpc) is 3.41. The molecule has 2 unspecified atom stereocenters. The summed E-state index contributed by atoms with van der Waals surface area (Å²) in [5.41, 5.74) is 0. The highest BCUT2D eigenvalue weighted by Crippen LogP contribution is 2.38. The van der Waals surface area contributed by atoms with Crippen LogP contribution in [0.2, 0.25) is 0 Å². The molecule has 0 aliphatic heterocycles. The molecule has 0 rings (SSSR count). The number of hydrogen-bond donors (Lipinski definition) is 0. The van der Waals surface area contributed by atoms with Gasteiger partial charge in [-0.05, 0) is 44.9 Å². The van der Waals surface area contributed by atoms with Crippen molar-refractivity contribution in [1.82, 2.24) is 0 Å². The van der Waals surface area contributed by atoms with Gasteiger partial charge in [0.05, 0.1) is 27.7 Å². The van der Waals surface area contributed by atoms with E-state index in [1.165, 1.54) is 276 Å². The van der Waals surface area contributed by atoms with Crippen LogP contribution in [0.4, 0.5) is 0 Å². The molecule has 78 heavy (non-hydrogen) atoms. The van der Waals surface area contributed by atoms with Gasteiger partial charge in [-0.3, -0.25) is 14.2 Å². The molecule has 0 aromatic heterocycles. The molecule has 0 N–H and O–H groups in total. The molecule has 0 spiro atoms. The topological polar surface area (TPSA) is 111 Å². The third kappa shape index (κ3) is 63.7. The van der Waals surface area contributed by atoms with Gasteiger partial charge in [0.25, 0.3) is 7.82 Å². The van der Waals surface area contributed by atoms with Gasteiger partial charge < -0.3 is 27.9 Å². The molecule has 462 valence electrons. The van der Waals surface area contributed by atoms with Gasteiger partial charge in [0.2, 0.25) is 0 Å². The maximum absolute atomic E-state index is 12.8. The maximum Gasteiger partial charge on any atom is 0.306 e. The summed E-state index contributed by atoms with van der Waals surface area (Å²) in [6.07, 6.45) is 74.0. The molecule has 0 radical (unpaired) electrons. The van der Waals surface area contributed by atoms with E-state index in [0.717, 1.165) is 38.5 Å². The molecule has 0 bridgehead atoms. The van der Waals surface area contributed by atoms with Crippen molar-refractivity contribution in [1.29, 1.82) is 0 Å². The van der Waals surface area contributed by atoms with Gasteiger partial charge in [0.15, 0.2) is 6.10 Å². The van der Waals surface area contributed by atoms with Crippen molar-refractivity contribution >= 4 is 19.8 Å². The molecule has 0 saturated heterocycles. The van der Waals surface area contributed by atoms with Crippen LogP contribution >= 0.6 is 7.82 Å². The predicted molar refractivity (Wildman–Crippen MR) is 333 cm³/mol. The third-order valence-electron chi connectivity index (χ3n) is 15.5. The standard InChI is InChI=1S/C68H132NO8P/c1-6-8-10-12-14-16-18-20-22-24-26-28-30-32-33-34-35-37-39-41-43-45-47-49-51-53-55-57-59-61-68(71)77-66(65-76-78(72,73)75-63-62-69(3,4)5)64-74-67(70)60-58-56-54-52-50-48-46-44-42-40-38-36-31-29-27-25-23-21-19-17-15-13-11-9-7-2/h18,20,24,26,66H,6-17,19,21-23,25,27-65H2,1-5H3/b20-18-,26-24-. The Bertz CT molecular complexity index is 1370. The number of ether oxygens (including phenoxy) is 2. The summed E-state index contributed by atoms with van der Waals surface area (Å²) in [5, 5.41) is 0. The molecular formula is C68H132NO8P. The fourth-order valence-electron chi connectivity index (χ4n) is 10.2. The Morgan fingerprint density at radius 3 is 1.01 bits per heavy atom. The lowest BCUT2D eigenvalue weighted by Gasteiger charge is -2.28. The van der Waals surface area contributed by atoms with Crippen LogP contribution in [0.1, 0.15) is 348 Å². The van der Waals surface area contributed by atoms with Crippen molar-refractivity contribution in [2.24, 2.45) is 0 Å². The molecule has 9 nitrogen and oxygen atoms in total. The number of quaternary nitrogens is 1. The van der Waals surface area contributed by atoms with Gasteiger partial charge in [-0.25, -0.2) is 0 Å². The summed E-state index contributed by atoms with van der Waals surface area (Å²) >= 11 is 0. The molecule has 0 aliphatic carbocycles. The molecule has 0 aromatic rings. The number of unbranched alkanes of at least 4 members (excludes halogenated alkanes) is 46. The smallest absolute Gasteiger partial charge is 0.306 e. The lowest BCUT2D eigenvalue weighted by molar-refractivity contribution is -0.870. The number of carbonyl (C=O) groups excluding carboxylic acids is 2. The first-order chi connectivity index (χ1) is 38.0. The van der Waals surface area contributed by atoms with Gasteiger partial charge in [-0.15, -0.1) is 0 Å². The Morgan fingerprint density at radius 1 is 0.397 bits per heavy atom. The average molecular weight is 1120 g/mol. The Hall–Kier alpha value is -1.51. The second-order valence-corrected chi connectivity index (χ2v) is 26.0. The summed E-state index contributed by atoms with van der Waals surface area (Å²) < 4.78 is 34.3. The Balaban J connectivity index is 4.01. The molecule has 0 aromatic carbocycles. The molecule has 2 atom stereocenters. The number of allylic oxidation sites excluding steroid dienone is 4. The van der Waals surface area contributed by atoms with Gasteiger partial charge in [-0.2, -0.15) is 0 Å². The van der Waals surface area contributed by atoms with E-state index in [-0.39, 0.29) is 32.0 Å². The van der Waals surface area contributed by atoms with E-state index in [0.29, 0.717) is 17.4 Å². The van der Waals surface area contributed by atoms with Crippen LogP contribution in [0.5, 0.6) is 0 Å². The Morgan fingerprint density at radius 2 is 0.692 bits per heavy atom. The number of carbonyl (C=O) groups is 2. The number of likely N-dealkylation sites (N-methyl/N-ethyl adjacent to an activating group) is 1. The number of hydrogen-bond acceptors (Lipinski definition) is 8. The van der Waals surface area contributed by atoms with Crippen molar-refractivity contribution in [2.75, 3.05) is 47.5 Å². The zero-order valence-corrected chi connectivity index (χ0v) is 53.5. The van der Waals surface area contributed by atoms with Crippen molar-refractivity contribution < 1.29 is 42.1 Å². The van der Waals surface area contributed by atoms with Gasteiger partial charge in [-0.1, -0.05) is 314 Å². The first kappa shape index (κ1) is 76.5. The summed E-state index contributed by atoms with van der Waals surface area (Å²) in [6.45, 7) is 4.30. The van der Waals surface area contributed by atoms with Crippen LogP contribution in [0.25, 0.3) is 0 Å². The second-order valence-electron chi connectivity index (χ2n) is 24.6. The predicted octanol–water partition coefficient (Wildman–Crippen LogP) is 21.1. The van der Waals surface area contributed by atoms with E-state index in [1.54, 1.807) is 0 Å². The van der Waals surface area contributed by atoms with Crippen LogP contribution in [0.15, 0.2) is 24.3 Å². The second kappa shape index (κ2) is 60.1. The highest BCUT2D eigenvalue weighted by atomic mass is 31.2. The minimum atomic E-state index is -4.64. The molecule has 10 heteroatoms. The van der Waals surface area contributed by atoms with E-state index in [2.05, 4.69) is 38.2 Å². The molecule has 0 amide bonds. The monoisotopic (exact) mass is 1120 g/mol. The molecule has 0 fully saturated rings. The molecule has 0 saturated carbocycles. The van der Waals surface area contributed by atoms with Crippen LogP contribution < -0.4 is 4.89 Å².